The summed E-state index contributed by atoms with van der Waals surface area (Å²) in [5.74, 6) is 0.952. The molecule has 2 aromatic heterocycles. The standard InChI is InChI=1S/C32H32N4O3/c1-3-38-31(37)18-26-20(2)7-4-12-30(26)39-19-28-27-17-21(13-14-29(27)36(35-28)22-8-5-9-22)23-10-6-11-25-24(23)15-16-34-32(25)33/h4,6-7,10-17,22H,3,5,8-9,18-19H2,1-2H3,(H2,33,34). The Morgan fingerprint density at radius 1 is 1.05 bits per heavy atom. The van der Waals surface area contributed by atoms with E-state index in [4.69, 9.17) is 20.3 Å². The maximum atomic E-state index is 12.3. The van der Waals surface area contributed by atoms with Crippen LogP contribution in [-0.4, -0.2) is 27.3 Å². The van der Waals surface area contributed by atoms with Crippen molar-refractivity contribution in [3.63, 3.8) is 0 Å². The number of nitrogens with zero attached hydrogens (tertiary/aromatic N) is 3. The molecule has 0 unspecified atom stereocenters. The van der Waals surface area contributed by atoms with Crippen molar-refractivity contribution in [3.8, 4) is 16.9 Å². The smallest absolute Gasteiger partial charge is 0.310 e. The molecule has 2 N–H and O–H groups in total. The van der Waals surface area contributed by atoms with E-state index < -0.39 is 0 Å². The summed E-state index contributed by atoms with van der Waals surface area (Å²) >= 11 is 0. The Hall–Kier alpha value is -4.39. The van der Waals surface area contributed by atoms with Crippen LogP contribution in [0.4, 0.5) is 5.82 Å². The molecule has 198 valence electrons. The highest BCUT2D eigenvalue weighted by Crippen LogP contribution is 2.38. The molecule has 0 radical (unpaired) electrons. The molecule has 6 rings (SSSR count). The van der Waals surface area contributed by atoms with Gasteiger partial charge in [-0.3, -0.25) is 9.48 Å². The number of nitrogen functional groups attached to an aromatic ring is 1. The number of anilines is 1. The monoisotopic (exact) mass is 520 g/mol. The van der Waals surface area contributed by atoms with Gasteiger partial charge in [-0.15, -0.1) is 0 Å². The predicted molar refractivity (Wildman–Crippen MR) is 154 cm³/mol. The number of carbonyl (C=O) groups is 1. The molecule has 1 saturated carbocycles. The summed E-state index contributed by atoms with van der Waals surface area (Å²) in [4.78, 5) is 16.5. The highest BCUT2D eigenvalue weighted by molar-refractivity contribution is 6.02. The molecule has 1 aliphatic carbocycles. The third-order valence-electron chi connectivity index (χ3n) is 7.71. The first-order valence-electron chi connectivity index (χ1n) is 13.5. The van der Waals surface area contributed by atoms with Crippen LogP contribution in [0.3, 0.4) is 0 Å². The van der Waals surface area contributed by atoms with E-state index in [1.54, 1.807) is 6.20 Å². The number of rotatable bonds is 8. The lowest BCUT2D eigenvalue weighted by Gasteiger charge is -2.26. The van der Waals surface area contributed by atoms with Crippen molar-refractivity contribution in [1.29, 1.82) is 0 Å². The van der Waals surface area contributed by atoms with Crippen molar-refractivity contribution in [1.82, 2.24) is 14.8 Å². The minimum absolute atomic E-state index is 0.177. The predicted octanol–water partition coefficient (Wildman–Crippen LogP) is 6.55. The normalized spacial score (nSPS) is 13.5. The lowest BCUT2D eigenvalue weighted by Crippen LogP contribution is -2.18. The summed E-state index contributed by atoms with van der Waals surface area (Å²) in [6.07, 6.45) is 5.42. The lowest BCUT2D eigenvalue weighted by molar-refractivity contribution is -0.142. The van der Waals surface area contributed by atoms with E-state index in [1.165, 1.54) is 6.42 Å². The fourth-order valence-corrected chi connectivity index (χ4v) is 5.41. The first-order chi connectivity index (χ1) is 19.0. The molecule has 0 amide bonds. The minimum atomic E-state index is -0.257. The van der Waals surface area contributed by atoms with Crippen LogP contribution in [0.1, 0.15) is 49.0 Å². The maximum absolute atomic E-state index is 12.3. The quantitative estimate of drug-likeness (QED) is 0.233. The zero-order chi connectivity index (χ0) is 26.9. The van der Waals surface area contributed by atoms with Gasteiger partial charge in [0.1, 0.15) is 23.9 Å². The second-order valence-corrected chi connectivity index (χ2v) is 10.1. The largest absolute Gasteiger partial charge is 0.487 e. The van der Waals surface area contributed by atoms with Crippen molar-refractivity contribution in [2.75, 3.05) is 12.3 Å². The maximum Gasteiger partial charge on any atom is 0.310 e. The number of pyridine rings is 1. The molecule has 39 heavy (non-hydrogen) atoms. The number of esters is 1. The molecule has 3 aromatic carbocycles. The van der Waals surface area contributed by atoms with E-state index >= 15 is 0 Å². The van der Waals surface area contributed by atoms with E-state index in [2.05, 4.69) is 33.9 Å². The first kappa shape index (κ1) is 24.9. The SMILES string of the molecule is CCOC(=O)Cc1c(C)cccc1OCc1nn(C2CCC2)c2ccc(-c3cccc4c(N)nccc34)cc12. The Bertz CT molecular complexity index is 1690. The number of aromatic nitrogens is 3. The molecule has 1 aliphatic rings. The second-order valence-electron chi connectivity index (χ2n) is 10.1. The number of hydrogen-bond acceptors (Lipinski definition) is 6. The number of fused-ring (bicyclic) bond motifs is 2. The molecule has 0 bridgehead atoms. The Labute approximate surface area is 227 Å². The van der Waals surface area contributed by atoms with E-state index in [1.807, 2.05) is 50.2 Å². The van der Waals surface area contributed by atoms with Crippen molar-refractivity contribution in [2.24, 2.45) is 0 Å². The van der Waals surface area contributed by atoms with Crippen molar-refractivity contribution >= 4 is 33.5 Å². The fraction of sp³-hybridized carbons (Fsp3) is 0.281. The van der Waals surface area contributed by atoms with Gasteiger partial charge in [-0.1, -0.05) is 36.4 Å². The van der Waals surface area contributed by atoms with Crippen molar-refractivity contribution in [2.45, 2.75) is 52.2 Å². The van der Waals surface area contributed by atoms with Gasteiger partial charge in [-0.05, 0) is 79.5 Å². The van der Waals surface area contributed by atoms with Crippen molar-refractivity contribution < 1.29 is 14.3 Å². The number of benzene rings is 3. The molecule has 2 heterocycles. The van der Waals surface area contributed by atoms with Gasteiger partial charge in [0, 0.05) is 22.5 Å². The molecule has 5 aromatic rings. The van der Waals surface area contributed by atoms with Crippen LogP contribution in [0, 0.1) is 6.92 Å². The highest BCUT2D eigenvalue weighted by atomic mass is 16.5. The first-order valence-corrected chi connectivity index (χ1v) is 13.5. The summed E-state index contributed by atoms with van der Waals surface area (Å²) < 4.78 is 13.7. The molecule has 0 aliphatic heterocycles. The van der Waals surface area contributed by atoms with Gasteiger partial charge >= 0.3 is 5.97 Å². The van der Waals surface area contributed by atoms with Crippen molar-refractivity contribution in [3.05, 3.63) is 83.7 Å². The van der Waals surface area contributed by atoms with Gasteiger partial charge in [0.25, 0.3) is 0 Å². The average Bonchev–Trinajstić information content (AvgIpc) is 3.25. The topological polar surface area (TPSA) is 92.3 Å². The zero-order valence-electron chi connectivity index (χ0n) is 22.3. The molecule has 0 saturated heterocycles. The molecule has 1 fully saturated rings. The average molecular weight is 521 g/mol. The van der Waals surface area contributed by atoms with E-state index in [-0.39, 0.29) is 12.4 Å². The van der Waals surface area contributed by atoms with E-state index in [0.29, 0.717) is 30.8 Å². The van der Waals surface area contributed by atoms with Crippen LogP contribution >= 0.6 is 0 Å². The molecule has 7 heteroatoms. The molecule has 0 atom stereocenters. The summed E-state index contributed by atoms with van der Waals surface area (Å²) in [5, 5.41) is 8.13. The van der Waals surface area contributed by atoms with Crippen LogP contribution in [-0.2, 0) is 22.6 Å². The van der Waals surface area contributed by atoms with Crippen LogP contribution in [0.15, 0.2) is 66.9 Å². The van der Waals surface area contributed by atoms with E-state index in [9.17, 15) is 4.79 Å². The van der Waals surface area contributed by atoms with Gasteiger partial charge in [0.15, 0.2) is 0 Å². The van der Waals surface area contributed by atoms with Gasteiger partial charge < -0.3 is 15.2 Å². The third kappa shape index (κ3) is 4.69. The number of aryl methyl sites for hydroxylation is 1. The number of ether oxygens (including phenoxy) is 2. The summed E-state index contributed by atoms with van der Waals surface area (Å²) in [6, 6.07) is 20.9. The summed E-state index contributed by atoms with van der Waals surface area (Å²) in [7, 11) is 0. The Kier molecular flexibility index (Phi) is 6.65. The van der Waals surface area contributed by atoms with Gasteiger partial charge in [-0.2, -0.15) is 5.10 Å². The van der Waals surface area contributed by atoms with Gasteiger partial charge in [0.05, 0.1) is 24.6 Å². The van der Waals surface area contributed by atoms with Gasteiger partial charge in [0.2, 0.25) is 0 Å². The highest BCUT2D eigenvalue weighted by Gasteiger charge is 2.24. The number of carbonyl (C=O) groups excluding carboxylic acids is 1. The Morgan fingerprint density at radius 2 is 1.90 bits per heavy atom. The summed E-state index contributed by atoms with van der Waals surface area (Å²) in [5.41, 5.74) is 12.2. The fourth-order valence-electron chi connectivity index (χ4n) is 5.41. The molecule has 7 nitrogen and oxygen atoms in total. The minimum Gasteiger partial charge on any atom is -0.487 e. The second kappa shape index (κ2) is 10.4. The molecular weight excluding hydrogens is 488 g/mol. The van der Waals surface area contributed by atoms with Crippen LogP contribution in [0.25, 0.3) is 32.8 Å². The Balaban J connectivity index is 1.39. The van der Waals surface area contributed by atoms with Crippen LogP contribution < -0.4 is 10.5 Å². The van der Waals surface area contributed by atoms with Crippen LogP contribution in [0.5, 0.6) is 5.75 Å². The number of nitrogens with two attached hydrogens (primary N) is 1. The van der Waals surface area contributed by atoms with E-state index in [0.717, 1.165) is 62.5 Å². The Morgan fingerprint density at radius 3 is 2.69 bits per heavy atom. The zero-order valence-corrected chi connectivity index (χ0v) is 22.3. The molecular formula is C32H32N4O3. The summed E-state index contributed by atoms with van der Waals surface area (Å²) in [6.45, 7) is 4.45. The van der Waals surface area contributed by atoms with Gasteiger partial charge in [-0.25, -0.2) is 4.98 Å². The third-order valence-corrected chi connectivity index (χ3v) is 7.71. The lowest BCUT2D eigenvalue weighted by atomic mass is 9.93. The van der Waals surface area contributed by atoms with Crippen LogP contribution in [0.2, 0.25) is 0 Å². The molecule has 0 spiro atoms. The number of hydrogen-bond donors (Lipinski definition) is 1.